The van der Waals surface area contributed by atoms with Crippen molar-refractivity contribution in [2.75, 3.05) is 23.9 Å². The molecular weight excluding hydrogens is 428 g/mol. The first-order chi connectivity index (χ1) is 16.4. The molecule has 0 atom stereocenters. The molecule has 2 amide bonds. The molecular formula is C28H28N2O4. The van der Waals surface area contributed by atoms with Crippen LogP contribution in [0.3, 0.4) is 0 Å². The van der Waals surface area contributed by atoms with Crippen molar-refractivity contribution >= 4 is 28.8 Å². The normalized spacial score (nSPS) is 13.5. The molecule has 1 aliphatic heterocycles. The summed E-state index contributed by atoms with van der Waals surface area (Å²) in [6.45, 7) is 6.55. The number of carbonyl (C=O) groups excluding carboxylic acids is 2. The monoisotopic (exact) mass is 456 g/mol. The van der Waals surface area contributed by atoms with Gasteiger partial charge in [-0.25, -0.2) is 4.90 Å². The van der Waals surface area contributed by atoms with Gasteiger partial charge in [-0.1, -0.05) is 25.1 Å². The Morgan fingerprint density at radius 3 is 2.03 bits per heavy atom. The predicted octanol–water partition coefficient (Wildman–Crippen LogP) is 5.50. The number of carbonyl (C=O) groups is 2. The summed E-state index contributed by atoms with van der Waals surface area (Å²) in [6, 6.07) is 20.2. The summed E-state index contributed by atoms with van der Waals surface area (Å²) in [5.41, 5.74) is 4.39. The molecule has 0 aromatic heterocycles. The van der Waals surface area contributed by atoms with Crippen molar-refractivity contribution < 1.29 is 19.1 Å². The molecule has 0 saturated heterocycles. The van der Waals surface area contributed by atoms with Crippen molar-refractivity contribution in [3.05, 3.63) is 89.1 Å². The SMILES string of the molecule is CCCOc1ccc(C2=C(Nc3ccc(OC)cc3)C(=O)N(c3cc(C)cc(C)c3)C2=O)cc1. The van der Waals surface area contributed by atoms with Gasteiger partial charge in [0.15, 0.2) is 0 Å². The number of hydrogen-bond donors (Lipinski definition) is 1. The Labute approximate surface area is 199 Å². The highest BCUT2D eigenvalue weighted by Crippen LogP contribution is 2.35. The second kappa shape index (κ2) is 9.83. The minimum atomic E-state index is -0.396. The summed E-state index contributed by atoms with van der Waals surface area (Å²) in [7, 11) is 1.60. The number of imide groups is 1. The van der Waals surface area contributed by atoms with E-state index >= 15 is 0 Å². The van der Waals surface area contributed by atoms with E-state index in [9.17, 15) is 9.59 Å². The fourth-order valence-electron chi connectivity index (χ4n) is 3.98. The average Bonchev–Trinajstić information content (AvgIpc) is 3.07. The van der Waals surface area contributed by atoms with Gasteiger partial charge in [-0.3, -0.25) is 9.59 Å². The zero-order valence-electron chi connectivity index (χ0n) is 19.8. The predicted molar refractivity (Wildman–Crippen MR) is 134 cm³/mol. The first-order valence-electron chi connectivity index (χ1n) is 11.3. The van der Waals surface area contributed by atoms with Crippen molar-refractivity contribution in [1.29, 1.82) is 0 Å². The quantitative estimate of drug-likeness (QED) is 0.454. The lowest BCUT2D eigenvalue weighted by Crippen LogP contribution is -2.32. The summed E-state index contributed by atoms with van der Waals surface area (Å²) in [4.78, 5) is 28.5. The van der Waals surface area contributed by atoms with E-state index in [2.05, 4.69) is 5.32 Å². The lowest BCUT2D eigenvalue weighted by Gasteiger charge is -2.17. The average molecular weight is 457 g/mol. The number of benzene rings is 3. The topological polar surface area (TPSA) is 67.9 Å². The van der Waals surface area contributed by atoms with Gasteiger partial charge in [-0.15, -0.1) is 0 Å². The number of aryl methyl sites for hydroxylation is 2. The molecule has 174 valence electrons. The van der Waals surface area contributed by atoms with Crippen LogP contribution in [0.5, 0.6) is 11.5 Å². The number of methoxy groups -OCH3 is 1. The molecule has 0 aliphatic carbocycles. The minimum absolute atomic E-state index is 0.233. The molecule has 0 saturated carbocycles. The maximum atomic E-state index is 13.7. The van der Waals surface area contributed by atoms with E-state index in [0.29, 0.717) is 34.9 Å². The highest BCUT2D eigenvalue weighted by molar-refractivity contribution is 6.46. The Morgan fingerprint density at radius 2 is 1.44 bits per heavy atom. The highest BCUT2D eigenvalue weighted by atomic mass is 16.5. The van der Waals surface area contributed by atoms with Crippen LogP contribution in [0.4, 0.5) is 11.4 Å². The van der Waals surface area contributed by atoms with Crippen molar-refractivity contribution in [1.82, 2.24) is 0 Å². The third kappa shape index (κ3) is 4.66. The molecule has 0 unspecified atom stereocenters. The Kier molecular flexibility index (Phi) is 6.68. The molecule has 0 spiro atoms. The van der Waals surface area contributed by atoms with Gasteiger partial charge in [0, 0.05) is 5.69 Å². The summed E-state index contributed by atoms with van der Waals surface area (Å²) in [6.07, 6.45) is 0.903. The molecule has 1 heterocycles. The number of nitrogens with one attached hydrogen (secondary N) is 1. The second-order valence-electron chi connectivity index (χ2n) is 8.27. The number of amides is 2. The van der Waals surface area contributed by atoms with Gasteiger partial charge in [-0.05, 0) is 85.5 Å². The Hall–Kier alpha value is -4.06. The number of ether oxygens (including phenoxy) is 2. The summed E-state index contributed by atoms with van der Waals surface area (Å²) >= 11 is 0. The summed E-state index contributed by atoms with van der Waals surface area (Å²) in [5, 5.41) is 3.18. The van der Waals surface area contributed by atoms with Gasteiger partial charge < -0.3 is 14.8 Å². The third-order valence-corrected chi connectivity index (χ3v) is 5.52. The maximum Gasteiger partial charge on any atom is 0.282 e. The lowest BCUT2D eigenvalue weighted by atomic mass is 10.0. The Bertz CT molecular complexity index is 1220. The summed E-state index contributed by atoms with van der Waals surface area (Å²) in [5.74, 6) is 0.660. The van der Waals surface area contributed by atoms with E-state index in [1.165, 1.54) is 4.90 Å². The number of rotatable bonds is 8. The molecule has 0 bridgehead atoms. The second-order valence-corrected chi connectivity index (χ2v) is 8.27. The molecule has 1 N–H and O–H groups in total. The highest BCUT2D eigenvalue weighted by Gasteiger charge is 2.40. The fraction of sp³-hybridized carbons (Fsp3) is 0.214. The molecule has 3 aromatic rings. The lowest BCUT2D eigenvalue weighted by molar-refractivity contribution is -0.120. The van der Waals surface area contributed by atoms with Crippen LogP contribution in [0.1, 0.15) is 30.0 Å². The standard InChI is InChI=1S/C28H28N2O4/c1-5-14-34-24-10-6-20(7-11-24)25-26(29-21-8-12-23(33-4)13-9-21)28(32)30(27(25)31)22-16-18(2)15-19(3)17-22/h6-13,15-17,29H,5,14H2,1-4H3. The van der Waals surface area contributed by atoms with Crippen LogP contribution in [-0.2, 0) is 9.59 Å². The molecule has 34 heavy (non-hydrogen) atoms. The smallest absolute Gasteiger partial charge is 0.282 e. The molecule has 0 radical (unpaired) electrons. The van der Waals surface area contributed by atoms with Crippen LogP contribution in [0.15, 0.2) is 72.4 Å². The zero-order chi connectivity index (χ0) is 24.2. The van der Waals surface area contributed by atoms with E-state index in [4.69, 9.17) is 9.47 Å². The minimum Gasteiger partial charge on any atom is -0.497 e. The van der Waals surface area contributed by atoms with Crippen LogP contribution >= 0.6 is 0 Å². The maximum absolute atomic E-state index is 13.7. The van der Waals surface area contributed by atoms with Crippen molar-refractivity contribution in [3.8, 4) is 11.5 Å². The van der Waals surface area contributed by atoms with Gasteiger partial charge in [0.25, 0.3) is 11.8 Å². The molecule has 0 fully saturated rings. The number of nitrogens with zero attached hydrogens (tertiary/aromatic N) is 1. The first-order valence-corrected chi connectivity index (χ1v) is 11.3. The van der Waals surface area contributed by atoms with Crippen LogP contribution in [0, 0.1) is 13.8 Å². The van der Waals surface area contributed by atoms with Gasteiger partial charge >= 0.3 is 0 Å². The molecule has 4 rings (SSSR count). The van der Waals surface area contributed by atoms with Crippen molar-refractivity contribution in [2.45, 2.75) is 27.2 Å². The van der Waals surface area contributed by atoms with E-state index in [1.807, 2.05) is 75.4 Å². The van der Waals surface area contributed by atoms with Crippen molar-refractivity contribution in [3.63, 3.8) is 0 Å². The number of anilines is 2. The van der Waals surface area contributed by atoms with Crippen molar-refractivity contribution in [2.24, 2.45) is 0 Å². The van der Waals surface area contributed by atoms with E-state index < -0.39 is 5.91 Å². The van der Waals surface area contributed by atoms with Crippen LogP contribution in [0.25, 0.3) is 5.57 Å². The Morgan fingerprint density at radius 1 is 0.824 bits per heavy atom. The van der Waals surface area contributed by atoms with Gasteiger partial charge in [0.05, 0.1) is 25.0 Å². The van der Waals surface area contributed by atoms with E-state index in [1.54, 1.807) is 19.2 Å². The zero-order valence-corrected chi connectivity index (χ0v) is 19.8. The van der Waals surface area contributed by atoms with Gasteiger partial charge in [-0.2, -0.15) is 0 Å². The summed E-state index contributed by atoms with van der Waals surface area (Å²) < 4.78 is 10.9. The Balaban J connectivity index is 1.76. The largest absolute Gasteiger partial charge is 0.497 e. The number of hydrogen-bond acceptors (Lipinski definition) is 5. The van der Waals surface area contributed by atoms with E-state index in [0.717, 1.165) is 23.3 Å². The fourth-order valence-corrected chi connectivity index (χ4v) is 3.98. The van der Waals surface area contributed by atoms with Crippen LogP contribution < -0.4 is 19.7 Å². The molecule has 3 aromatic carbocycles. The molecule has 1 aliphatic rings. The molecule has 6 nitrogen and oxygen atoms in total. The van der Waals surface area contributed by atoms with Gasteiger partial charge in [0.2, 0.25) is 0 Å². The molecule has 6 heteroatoms. The van der Waals surface area contributed by atoms with Gasteiger partial charge in [0.1, 0.15) is 17.2 Å². The third-order valence-electron chi connectivity index (χ3n) is 5.52. The van der Waals surface area contributed by atoms with Crippen LogP contribution in [-0.4, -0.2) is 25.5 Å². The van der Waals surface area contributed by atoms with E-state index in [-0.39, 0.29) is 11.6 Å². The first kappa shape index (κ1) is 23.1. The van der Waals surface area contributed by atoms with Crippen LogP contribution in [0.2, 0.25) is 0 Å².